The maximum Gasteiger partial charge on any atom is 0.255 e. The van der Waals surface area contributed by atoms with Gasteiger partial charge >= 0.3 is 0 Å². The normalized spacial score (nSPS) is 19.3. The van der Waals surface area contributed by atoms with E-state index in [0.29, 0.717) is 17.8 Å². The molecule has 1 aromatic heterocycles. The zero-order chi connectivity index (χ0) is 18.0. The second-order valence-corrected chi connectivity index (χ2v) is 6.45. The summed E-state index contributed by atoms with van der Waals surface area (Å²) in [5, 5.41) is 20.1. The molecule has 25 heavy (non-hydrogen) atoms. The Morgan fingerprint density at radius 1 is 1.44 bits per heavy atom. The highest BCUT2D eigenvalue weighted by atomic mass is 16.5. The number of rotatable bonds is 4. The maximum atomic E-state index is 12.8. The van der Waals surface area contributed by atoms with Gasteiger partial charge in [0.2, 0.25) is 0 Å². The van der Waals surface area contributed by atoms with E-state index in [1.807, 2.05) is 18.2 Å². The number of benzene rings is 1. The number of ether oxygens (including phenoxy) is 1. The summed E-state index contributed by atoms with van der Waals surface area (Å²) < 4.78 is 5.16. The Morgan fingerprint density at radius 2 is 2.16 bits per heavy atom. The number of hydrogen-bond acceptors (Lipinski definition) is 4. The number of hydrogen-bond donors (Lipinski definition) is 2. The molecule has 1 saturated heterocycles. The van der Waals surface area contributed by atoms with Gasteiger partial charge in [-0.2, -0.15) is 5.26 Å². The van der Waals surface area contributed by atoms with Crippen molar-refractivity contribution in [2.45, 2.75) is 31.4 Å². The van der Waals surface area contributed by atoms with Crippen LogP contribution in [0.4, 0.5) is 0 Å². The van der Waals surface area contributed by atoms with Crippen molar-refractivity contribution in [1.29, 1.82) is 5.26 Å². The third-order valence-electron chi connectivity index (χ3n) is 4.89. The molecule has 0 saturated carbocycles. The fourth-order valence-electron chi connectivity index (χ4n) is 3.46. The van der Waals surface area contributed by atoms with Gasteiger partial charge in [-0.3, -0.25) is 4.79 Å². The number of nitriles is 1. The van der Waals surface area contributed by atoms with E-state index in [-0.39, 0.29) is 11.9 Å². The molecule has 0 radical (unpaired) electrons. The van der Waals surface area contributed by atoms with Crippen LogP contribution < -0.4 is 4.74 Å². The number of aromatic amines is 1. The molecule has 1 fully saturated rings. The molecule has 1 aliphatic heterocycles. The Labute approximate surface area is 146 Å². The molecule has 6 heteroatoms. The number of amides is 1. The summed E-state index contributed by atoms with van der Waals surface area (Å²) >= 11 is 0. The third-order valence-corrected chi connectivity index (χ3v) is 4.89. The molecular weight excluding hydrogens is 318 g/mol. The van der Waals surface area contributed by atoms with Crippen molar-refractivity contribution in [2.24, 2.45) is 0 Å². The lowest BCUT2D eigenvalue weighted by Crippen LogP contribution is -2.48. The van der Waals surface area contributed by atoms with Crippen LogP contribution in [0, 0.1) is 11.3 Å². The molecule has 2 aromatic rings. The van der Waals surface area contributed by atoms with Gasteiger partial charge in [0.1, 0.15) is 23.1 Å². The van der Waals surface area contributed by atoms with Crippen LogP contribution in [0.1, 0.15) is 41.4 Å². The SMILES string of the molecule is COc1ccc([C@](C)(O)[C@@H]2CCCN2C(=O)c2c[nH]c(C#N)c2)cc1. The van der Waals surface area contributed by atoms with Crippen LogP contribution in [0.15, 0.2) is 36.5 Å². The number of aromatic nitrogens is 1. The molecule has 6 nitrogen and oxygen atoms in total. The summed E-state index contributed by atoms with van der Waals surface area (Å²) in [5.74, 6) is 0.546. The van der Waals surface area contributed by atoms with Gasteiger partial charge in [0.15, 0.2) is 0 Å². The molecule has 0 bridgehead atoms. The first-order valence-electron chi connectivity index (χ1n) is 8.23. The van der Waals surface area contributed by atoms with E-state index in [1.165, 1.54) is 0 Å². The van der Waals surface area contributed by atoms with Crippen LogP contribution >= 0.6 is 0 Å². The Kier molecular flexibility index (Phi) is 4.51. The molecule has 2 heterocycles. The van der Waals surface area contributed by atoms with Gasteiger partial charge in [-0.1, -0.05) is 12.1 Å². The Hall–Kier alpha value is -2.78. The second kappa shape index (κ2) is 6.61. The van der Waals surface area contributed by atoms with Gasteiger partial charge in [-0.15, -0.1) is 0 Å². The number of nitrogens with one attached hydrogen (secondary N) is 1. The molecule has 2 N–H and O–H groups in total. The topological polar surface area (TPSA) is 89.3 Å². The van der Waals surface area contributed by atoms with E-state index in [4.69, 9.17) is 10.00 Å². The Balaban J connectivity index is 1.86. The van der Waals surface area contributed by atoms with Gasteiger partial charge in [-0.25, -0.2) is 0 Å². The summed E-state index contributed by atoms with van der Waals surface area (Å²) in [6.45, 7) is 2.33. The summed E-state index contributed by atoms with van der Waals surface area (Å²) in [6.07, 6.45) is 3.09. The second-order valence-electron chi connectivity index (χ2n) is 6.45. The lowest BCUT2D eigenvalue weighted by molar-refractivity contribution is -0.0177. The number of carbonyl (C=O) groups is 1. The highest BCUT2D eigenvalue weighted by molar-refractivity contribution is 5.95. The number of H-pyrrole nitrogens is 1. The quantitative estimate of drug-likeness (QED) is 0.895. The molecule has 1 aliphatic rings. The summed E-state index contributed by atoms with van der Waals surface area (Å²) in [4.78, 5) is 17.3. The van der Waals surface area contributed by atoms with Crippen LogP contribution in [-0.2, 0) is 5.60 Å². The molecule has 0 unspecified atom stereocenters. The zero-order valence-electron chi connectivity index (χ0n) is 14.3. The zero-order valence-corrected chi connectivity index (χ0v) is 14.3. The first kappa shape index (κ1) is 17.1. The number of aliphatic hydroxyl groups is 1. The molecule has 130 valence electrons. The lowest BCUT2D eigenvalue weighted by atomic mass is 9.86. The van der Waals surface area contributed by atoms with Crippen LogP contribution in [0.3, 0.4) is 0 Å². The maximum absolute atomic E-state index is 12.8. The standard InChI is InChI=1S/C19H21N3O3/c1-19(24,14-5-7-16(25-2)8-6-14)17-4-3-9-22(17)18(23)13-10-15(11-20)21-12-13/h5-8,10,12,17,21,24H,3-4,9H2,1-2H3/t17-,19-/m0/s1. The van der Waals surface area contributed by atoms with Crippen molar-refractivity contribution in [2.75, 3.05) is 13.7 Å². The smallest absolute Gasteiger partial charge is 0.255 e. The predicted molar refractivity (Wildman–Crippen MR) is 92.1 cm³/mol. The number of likely N-dealkylation sites (tertiary alicyclic amines) is 1. The Bertz CT molecular complexity index is 802. The number of methoxy groups -OCH3 is 1. The Morgan fingerprint density at radius 3 is 2.76 bits per heavy atom. The molecule has 2 atom stereocenters. The monoisotopic (exact) mass is 339 g/mol. The van der Waals surface area contributed by atoms with Crippen LogP contribution in [0.2, 0.25) is 0 Å². The van der Waals surface area contributed by atoms with Crippen molar-refractivity contribution in [3.63, 3.8) is 0 Å². The van der Waals surface area contributed by atoms with E-state index in [9.17, 15) is 9.90 Å². The van der Waals surface area contributed by atoms with E-state index >= 15 is 0 Å². The fraction of sp³-hybridized carbons (Fsp3) is 0.368. The van der Waals surface area contributed by atoms with Crippen molar-refractivity contribution in [1.82, 2.24) is 9.88 Å². The van der Waals surface area contributed by atoms with Crippen molar-refractivity contribution < 1.29 is 14.6 Å². The average Bonchev–Trinajstić information content (AvgIpc) is 3.30. The average molecular weight is 339 g/mol. The predicted octanol–water partition coefficient (Wildman–Crippen LogP) is 2.41. The van der Waals surface area contributed by atoms with Gasteiger partial charge < -0.3 is 19.7 Å². The molecule has 0 spiro atoms. The van der Waals surface area contributed by atoms with E-state index in [1.54, 1.807) is 43.3 Å². The first-order chi connectivity index (χ1) is 12.0. The van der Waals surface area contributed by atoms with E-state index in [0.717, 1.165) is 24.2 Å². The minimum Gasteiger partial charge on any atom is -0.497 e. The van der Waals surface area contributed by atoms with E-state index in [2.05, 4.69) is 4.98 Å². The molecule has 0 aliphatic carbocycles. The molecular formula is C19H21N3O3. The minimum absolute atomic E-state index is 0.172. The van der Waals surface area contributed by atoms with Crippen molar-refractivity contribution in [3.05, 3.63) is 53.3 Å². The van der Waals surface area contributed by atoms with Crippen LogP contribution in [-0.4, -0.2) is 40.6 Å². The van der Waals surface area contributed by atoms with Gasteiger partial charge in [-0.05, 0) is 43.5 Å². The number of carbonyl (C=O) groups excluding carboxylic acids is 1. The lowest BCUT2D eigenvalue weighted by Gasteiger charge is -2.37. The highest BCUT2D eigenvalue weighted by Gasteiger charge is 2.42. The fourth-order valence-corrected chi connectivity index (χ4v) is 3.46. The molecule has 1 aromatic carbocycles. The largest absolute Gasteiger partial charge is 0.497 e. The third kappa shape index (κ3) is 3.11. The van der Waals surface area contributed by atoms with Crippen LogP contribution in [0.5, 0.6) is 5.75 Å². The summed E-state index contributed by atoms with van der Waals surface area (Å²) in [6, 6.07) is 10.5. The first-order valence-corrected chi connectivity index (χ1v) is 8.23. The summed E-state index contributed by atoms with van der Waals surface area (Å²) in [7, 11) is 1.59. The number of nitrogens with zero attached hydrogens (tertiary/aromatic N) is 2. The van der Waals surface area contributed by atoms with Gasteiger partial charge in [0, 0.05) is 12.7 Å². The minimum atomic E-state index is -1.17. The van der Waals surface area contributed by atoms with Gasteiger partial charge in [0.05, 0.1) is 18.7 Å². The van der Waals surface area contributed by atoms with Gasteiger partial charge in [0.25, 0.3) is 5.91 Å². The molecule has 3 rings (SSSR count). The van der Waals surface area contributed by atoms with E-state index < -0.39 is 5.60 Å². The van der Waals surface area contributed by atoms with Crippen molar-refractivity contribution in [3.8, 4) is 11.8 Å². The van der Waals surface area contributed by atoms with Crippen molar-refractivity contribution >= 4 is 5.91 Å². The molecule has 1 amide bonds. The highest BCUT2D eigenvalue weighted by Crippen LogP contribution is 2.36. The van der Waals surface area contributed by atoms with Crippen LogP contribution in [0.25, 0.3) is 0 Å². The summed E-state index contributed by atoms with van der Waals surface area (Å²) in [5.41, 5.74) is 0.354.